The van der Waals surface area contributed by atoms with Crippen molar-refractivity contribution in [2.24, 2.45) is 0 Å². The molecule has 1 aromatic rings. The summed E-state index contributed by atoms with van der Waals surface area (Å²) in [6.45, 7) is 4.41. The summed E-state index contributed by atoms with van der Waals surface area (Å²) < 4.78 is 0. The van der Waals surface area contributed by atoms with Gasteiger partial charge in [-0.25, -0.2) is 0 Å². The minimum Gasteiger partial charge on any atom is -0.507 e. The van der Waals surface area contributed by atoms with E-state index in [2.05, 4.69) is 5.48 Å². The number of hydrogen-bond donors (Lipinski definition) is 2. The number of phenols is 1. The Balaban J connectivity index is 2.92. The molecule has 13 heavy (non-hydrogen) atoms. The van der Waals surface area contributed by atoms with E-state index in [-0.39, 0.29) is 0 Å². The topological polar surface area (TPSA) is 41.5 Å². The lowest BCUT2D eigenvalue weighted by Crippen LogP contribution is -2.11. The Morgan fingerprint density at radius 1 is 1.38 bits per heavy atom. The smallest absolute Gasteiger partial charge is 0.123 e. The van der Waals surface area contributed by atoms with E-state index >= 15 is 0 Å². The molecule has 0 radical (unpaired) electrons. The number of hydroxylamine groups is 1. The van der Waals surface area contributed by atoms with E-state index in [0.717, 1.165) is 16.7 Å². The molecule has 0 amide bonds. The van der Waals surface area contributed by atoms with Crippen LogP contribution in [0.5, 0.6) is 5.75 Å². The van der Waals surface area contributed by atoms with Crippen molar-refractivity contribution in [2.45, 2.75) is 20.4 Å². The highest BCUT2D eigenvalue weighted by Crippen LogP contribution is 2.23. The zero-order valence-corrected chi connectivity index (χ0v) is 8.22. The molecule has 0 aliphatic rings. The van der Waals surface area contributed by atoms with Gasteiger partial charge in [0.2, 0.25) is 0 Å². The van der Waals surface area contributed by atoms with E-state index in [9.17, 15) is 5.11 Å². The second-order valence-corrected chi connectivity index (χ2v) is 3.11. The fourth-order valence-electron chi connectivity index (χ4n) is 1.33. The average Bonchev–Trinajstić information content (AvgIpc) is 2.09. The van der Waals surface area contributed by atoms with Crippen LogP contribution in [0, 0.1) is 13.8 Å². The summed E-state index contributed by atoms with van der Waals surface area (Å²) in [4.78, 5) is 4.72. The molecule has 0 fully saturated rings. The normalized spacial score (nSPS) is 10.4. The molecule has 72 valence electrons. The van der Waals surface area contributed by atoms with Crippen molar-refractivity contribution < 1.29 is 9.94 Å². The van der Waals surface area contributed by atoms with Crippen LogP contribution in [-0.2, 0) is 11.4 Å². The molecule has 3 heteroatoms. The molecule has 0 aromatic heterocycles. The Hall–Kier alpha value is -1.06. The number of aryl methyl sites for hydroxylation is 2. The van der Waals surface area contributed by atoms with Crippen LogP contribution in [0.3, 0.4) is 0 Å². The maximum atomic E-state index is 9.65. The van der Waals surface area contributed by atoms with Crippen LogP contribution in [0.4, 0.5) is 0 Å². The van der Waals surface area contributed by atoms with E-state index in [4.69, 9.17) is 4.84 Å². The summed E-state index contributed by atoms with van der Waals surface area (Å²) in [5.41, 5.74) is 5.60. The predicted octanol–water partition coefficient (Wildman–Crippen LogP) is 1.66. The molecule has 0 aliphatic carbocycles. The van der Waals surface area contributed by atoms with Crippen molar-refractivity contribution in [2.75, 3.05) is 7.11 Å². The van der Waals surface area contributed by atoms with Gasteiger partial charge in [-0.2, -0.15) is 5.48 Å². The molecule has 0 saturated heterocycles. The Bertz CT molecular complexity index is 297. The van der Waals surface area contributed by atoms with Crippen molar-refractivity contribution in [1.29, 1.82) is 0 Å². The molecule has 0 spiro atoms. The number of benzene rings is 1. The highest BCUT2D eigenvalue weighted by molar-refractivity contribution is 5.42. The van der Waals surface area contributed by atoms with Gasteiger partial charge in [0.05, 0.1) is 7.11 Å². The fourth-order valence-corrected chi connectivity index (χ4v) is 1.33. The monoisotopic (exact) mass is 181 g/mol. The first-order chi connectivity index (χ1) is 6.15. The van der Waals surface area contributed by atoms with Gasteiger partial charge >= 0.3 is 0 Å². The van der Waals surface area contributed by atoms with E-state index in [1.807, 2.05) is 26.0 Å². The molecule has 0 bridgehead atoms. The van der Waals surface area contributed by atoms with Crippen LogP contribution in [0.25, 0.3) is 0 Å². The number of aromatic hydroxyl groups is 1. The van der Waals surface area contributed by atoms with Crippen molar-refractivity contribution in [3.05, 3.63) is 28.8 Å². The molecular formula is C10H15NO2. The first kappa shape index (κ1) is 10.0. The number of hydrogen-bond acceptors (Lipinski definition) is 3. The largest absolute Gasteiger partial charge is 0.507 e. The summed E-state index contributed by atoms with van der Waals surface area (Å²) in [5.74, 6) is 0.343. The van der Waals surface area contributed by atoms with Gasteiger partial charge in [0.15, 0.2) is 0 Å². The Morgan fingerprint density at radius 2 is 2.08 bits per heavy atom. The zero-order chi connectivity index (χ0) is 9.84. The maximum absolute atomic E-state index is 9.65. The zero-order valence-electron chi connectivity index (χ0n) is 8.22. The lowest BCUT2D eigenvalue weighted by Gasteiger charge is -2.08. The standard InChI is InChI=1S/C10H15NO2/c1-7-4-8(2)10(12)9(5-7)6-11-13-3/h4-5,11-12H,6H2,1-3H3. The third-order valence-electron chi connectivity index (χ3n) is 1.93. The summed E-state index contributed by atoms with van der Waals surface area (Å²) in [7, 11) is 1.56. The molecular weight excluding hydrogens is 166 g/mol. The third kappa shape index (κ3) is 2.44. The quantitative estimate of drug-likeness (QED) is 0.697. The minimum atomic E-state index is 0.343. The van der Waals surface area contributed by atoms with Crippen LogP contribution in [0.1, 0.15) is 16.7 Å². The van der Waals surface area contributed by atoms with Gasteiger partial charge in [-0.3, -0.25) is 0 Å². The van der Waals surface area contributed by atoms with Crippen molar-refractivity contribution in [1.82, 2.24) is 5.48 Å². The summed E-state index contributed by atoms with van der Waals surface area (Å²) in [5, 5.41) is 9.65. The minimum absolute atomic E-state index is 0.343. The average molecular weight is 181 g/mol. The second kappa shape index (κ2) is 4.25. The van der Waals surface area contributed by atoms with Crippen molar-refractivity contribution >= 4 is 0 Å². The first-order valence-electron chi connectivity index (χ1n) is 4.20. The van der Waals surface area contributed by atoms with E-state index in [1.165, 1.54) is 0 Å². The van der Waals surface area contributed by atoms with Gasteiger partial charge < -0.3 is 9.94 Å². The van der Waals surface area contributed by atoms with Crippen LogP contribution < -0.4 is 5.48 Å². The van der Waals surface area contributed by atoms with Crippen LogP contribution in [0.15, 0.2) is 12.1 Å². The van der Waals surface area contributed by atoms with Gasteiger partial charge in [0.25, 0.3) is 0 Å². The molecule has 0 atom stereocenters. The lowest BCUT2D eigenvalue weighted by molar-refractivity contribution is 0.0861. The first-order valence-corrected chi connectivity index (χ1v) is 4.20. The molecule has 0 aliphatic heterocycles. The van der Waals surface area contributed by atoms with E-state index < -0.39 is 0 Å². The molecule has 1 rings (SSSR count). The molecule has 3 nitrogen and oxygen atoms in total. The third-order valence-corrected chi connectivity index (χ3v) is 1.93. The maximum Gasteiger partial charge on any atom is 0.123 e. The van der Waals surface area contributed by atoms with Crippen molar-refractivity contribution in [3.8, 4) is 5.75 Å². The van der Waals surface area contributed by atoms with Gasteiger partial charge in [0.1, 0.15) is 5.75 Å². The Kier molecular flexibility index (Phi) is 3.28. The lowest BCUT2D eigenvalue weighted by atomic mass is 10.1. The SMILES string of the molecule is CONCc1cc(C)cc(C)c1O. The Morgan fingerprint density at radius 3 is 2.69 bits per heavy atom. The molecule has 0 unspecified atom stereocenters. The second-order valence-electron chi connectivity index (χ2n) is 3.11. The van der Waals surface area contributed by atoms with Gasteiger partial charge in [-0.1, -0.05) is 17.7 Å². The number of rotatable bonds is 3. The highest BCUT2D eigenvalue weighted by Gasteiger charge is 2.04. The van der Waals surface area contributed by atoms with E-state index in [0.29, 0.717) is 12.3 Å². The van der Waals surface area contributed by atoms with E-state index in [1.54, 1.807) is 7.11 Å². The summed E-state index contributed by atoms with van der Waals surface area (Å²) in [6, 6.07) is 3.89. The highest BCUT2D eigenvalue weighted by atomic mass is 16.6. The van der Waals surface area contributed by atoms with Gasteiger partial charge in [-0.15, -0.1) is 0 Å². The molecule has 0 heterocycles. The van der Waals surface area contributed by atoms with Crippen LogP contribution >= 0.6 is 0 Å². The van der Waals surface area contributed by atoms with Gasteiger partial charge in [-0.05, 0) is 19.4 Å². The summed E-state index contributed by atoms with van der Waals surface area (Å²) in [6.07, 6.45) is 0. The molecule has 1 aromatic carbocycles. The molecule has 2 N–H and O–H groups in total. The van der Waals surface area contributed by atoms with Gasteiger partial charge in [0, 0.05) is 12.1 Å². The number of phenolic OH excluding ortho intramolecular Hbond substituents is 1. The van der Waals surface area contributed by atoms with Crippen LogP contribution in [-0.4, -0.2) is 12.2 Å². The molecule has 0 saturated carbocycles. The van der Waals surface area contributed by atoms with Crippen LogP contribution in [0.2, 0.25) is 0 Å². The predicted molar refractivity (Wildman–Crippen MR) is 51.4 cm³/mol. The Labute approximate surface area is 78.3 Å². The summed E-state index contributed by atoms with van der Waals surface area (Å²) >= 11 is 0. The number of nitrogens with one attached hydrogen (secondary N) is 1. The fraction of sp³-hybridized carbons (Fsp3) is 0.400. The van der Waals surface area contributed by atoms with Crippen molar-refractivity contribution in [3.63, 3.8) is 0 Å².